The predicted molar refractivity (Wildman–Crippen MR) is 58.7 cm³/mol. The van der Waals surface area contributed by atoms with Crippen LogP contribution in [0.4, 0.5) is 0 Å². The molecular formula is C10H21NO2S. The van der Waals surface area contributed by atoms with Gasteiger partial charge in [-0.1, -0.05) is 19.8 Å². The normalized spacial score (nSPS) is 25.1. The largest absolute Gasteiger partial charge is 0.214 e. The van der Waals surface area contributed by atoms with E-state index in [0.717, 1.165) is 32.2 Å². The molecular weight excluding hydrogens is 198 g/mol. The summed E-state index contributed by atoms with van der Waals surface area (Å²) in [4.78, 5) is 0. The van der Waals surface area contributed by atoms with Crippen molar-refractivity contribution < 1.29 is 8.42 Å². The highest BCUT2D eigenvalue weighted by molar-refractivity contribution is 7.89. The Bertz CT molecular complexity index is 261. The molecule has 1 aliphatic heterocycles. The maximum atomic E-state index is 11.9. The van der Waals surface area contributed by atoms with Gasteiger partial charge in [0.1, 0.15) is 0 Å². The molecule has 0 aromatic carbocycles. The minimum absolute atomic E-state index is 0.214. The second-order valence-corrected chi connectivity index (χ2v) is 6.17. The van der Waals surface area contributed by atoms with Crippen LogP contribution in [0.5, 0.6) is 0 Å². The number of rotatable bonds is 4. The van der Waals surface area contributed by atoms with Crippen LogP contribution in [0, 0.1) is 0 Å². The van der Waals surface area contributed by atoms with Gasteiger partial charge >= 0.3 is 0 Å². The number of nitrogens with zero attached hydrogens (tertiary/aromatic N) is 1. The van der Waals surface area contributed by atoms with Gasteiger partial charge in [-0.05, 0) is 26.2 Å². The molecule has 14 heavy (non-hydrogen) atoms. The van der Waals surface area contributed by atoms with E-state index in [1.165, 1.54) is 6.42 Å². The molecule has 0 amide bonds. The van der Waals surface area contributed by atoms with E-state index in [9.17, 15) is 8.42 Å². The smallest absolute Gasteiger partial charge is 0.212 e. The summed E-state index contributed by atoms with van der Waals surface area (Å²) in [6, 6.07) is 0.214. The van der Waals surface area contributed by atoms with Crippen LogP contribution in [0.3, 0.4) is 0 Å². The van der Waals surface area contributed by atoms with Gasteiger partial charge in [0.05, 0.1) is 5.75 Å². The fourth-order valence-corrected chi connectivity index (χ4v) is 3.88. The molecule has 1 atom stereocenters. The highest BCUT2D eigenvalue weighted by Crippen LogP contribution is 2.20. The number of piperidine rings is 1. The molecule has 3 nitrogen and oxygen atoms in total. The SMILES string of the molecule is CCCCS(=O)(=O)N1CCCC[C@H]1C. The van der Waals surface area contributed by atoms with Gasteiger partial charge in [-0.3, -0.25) is 0 Å². The van der Waals surface area contributed by atoms with Crippen LogP contribution >= 0.6 is 0 Å². The van der Waals surface area contributed by atoms with E-state index in [4.69, 9.17) is 0 Å². The van der Waals surface area contributed by atoms with E-state index in [2.05, 4.69) is 0 Å². The average Bonchev–Trinajstić information content (AvgIpc) is 2.15. The molecule has 0 saturated carbocycles. The zero-order valence-corrected chi connectivity index (χ0v) is 10.0. The Morgan fingerprint density at radius 2 is 2.07 bits per heavy atom. The monoisotopic (exact) mass is 219 g/mol. The first-order chi connectivity index (χ1) is 6.58. The van der Waals surface area contributed by atoms with Crippen LogP contribution < -0.4 is 0 Å². The summed E-state index contributed by atoms with van der Waals surface area (Å²) in [5, 5.41) is 0. The van der Waals surface area contributed by atoms with E-state index in [0.29, 0.717) is 5.75 Å². The van der Waals surface area contributed by atoms with Crippen molar-refractivity contribution in [3.05, 3.63) is 0 Å². The van der Waals surface area contributed by atoms with Crippen molar-refractivity contribution in [3.63, 3.8) is 0 Å². The topological polar surface area (TPSA) is 37.4 Å². The summed E-state index contributed by atoms with van der Waals surface area (Å²) in [5.41, 5.74) is 0. The van der Waals surface area contributed by atoms with E-state index >= 15 is 0 Å². The fourth-order valence-electron chi connectivity index (χ4n) is 1.93. The Balaban J connectivity index is 2.60. The van der Waals surface area contributed by atoms with E-state index < -0.39 is 10.0 Å². The van der Waals surface area contributed by atoms with Gasteiger partial charge in [0.25, 0.3) is 0 Å². The maximum absolute atomic E-state index is 11.9. The van der Waals surface area contributed by atoms with Crippen LogP contribution in [0.1, 0.15) is 46.0 Å². The van der Waals surface area contributed by atoms with Crippen molar-refractivity contribution in [2.45, 2.75) is 52.0 Å². The standard InChI is InChI=1S/C10H21NO2S/c1-3-4-9-14(12,13)11-8-6-5-7-10(11)2/h10H,3-9H2,1-2H3/t10-/m1/s1. The van der Waals surface area contributed by atoms with Crippen molar-refractivity contribution in [2.75, 3.05) is 12.3 Å². The molecule has 1 aliphatic rings. The Labute approximate surface area is 87.5 Å². The van der Waals surface area contributed by atoms with Crippen molar-refractivity contribution in [1.29, 1.82) is 0 Å². The van der Waals surface area contributed by atoms with E-state index in [-0.39, 0.29) is 6.04 Å². The summed E-state index contributed by atoms with van der Waals surface area (Å²) in [6.45, 7) is 4.77. The van der Waals surface area contributed by atoms with E-state index in [1.54, 1.807) is 4.31 Å². The van der Waals surface area contributed by atoms with Gasteiger partial charge in [0.15, 0.2) is 0 Å². The fraction of sp³-hybridized carbons (Fsp3) is 1.00. The lowest BCUT2D eigenvalue weighted by molar-refractivity contribution is 0.268. The van der Waals surface area contributed by atoms with Gasteiger partial charge < -0.3 is 0 Å². The summed E-state index contributed by atoms with van der Waals surface area (Å²) in [6.07, 6.45) is 4.94. The Kier molecular flexibility index (Phi) is 4.38. The van der Waals surface area contributed by atoms with Gasteiger partial charge in [-0.25, -0.2) is 8.42 Å². The predicted octanol–water partition coefficient (Wildman–Crippen LogP) is 1.99. The average molecular weight is 219 g/mol. The maximum Gasteiger partial charge on any atom is 0.214 e. The van der Waals surface area contributed by atoms with Gasteiger partial charge in [0, 0.05) is 12.6 Å². The third kappa shape index (κ3) is 2.95. The Morgan fingerprint density at radius 3 is 2.64 bits per heavy atom. The third-order valence-electron chi connectivity index (χ3n) is 2.86. The molecule has 1 heterocycles. The minimum Gasteiger partial charge on any atom is -0.212 e. The number of hydrogen-bond donors (Lipinski definition) is 0. The van der Waals surface area contributed by atoms with Crippen LogP contribution in [-0.4, -0.2) is 31.1 Å². The van der Waals surface area contributed by atoms with Crippen molar-refractivity contribution in [3.8, 4) is 0 Å². The van der Waals surface area contributed by atoms with Crippen molar-refractivity contribution in [1.82, 2.24) is 4.31 Å². The van der Waals surface area contributed by atoms with Crippen LogP contribution in [0.2, 0.25) is 0 Å². The summed E-state index contributed by atoms with van der Waals surface area (Å²) in [7, 11) is -2.96. The molecule has 0 aromatic heterocycles. The highest BCUT2D eigenvalue weighted by atomic mass is 32.2. The van der Waals surface area contributed by atoms with Crippen molar-refractivity contribution >= 4 is 10.0 Å². The molecule has 4 heteroatoms. The number of sulfonamides is 1. The third-order valence-corrected chi connectivity index (χ3v) is 4.92. The molecule has 1 saturated heterocycles. The van der Waals surface area contributed by atoms with Gasteiger partial charge in [-0.2, -0.15) is 4.31 Å². The van der Waals surface area contributed by atoms with Crippen molar-refractivity contribution in [2.24, 2.45) is 0 Å². The molecule has 0 radical (unpaired) electrons. The minimum atomic E-state index is -2.96. The molecule has 84 valence electrons. The molecule has 1 fully saturated rings. The summed E-state index contributed by atoms with van der Waals surface area (Å²) < 4.78 is 25.5. The first-order valence-electron chi connectivity index (χ1n) is 5.57. The second kappa shape index (κ2) is 5.12. The Morgan fingerprint density at radius 1 is 1.36 bits per heavy atom. The molecule has 0 bridgehead atoms. The zero-order chi connectivity index (χ0) is 10.6. The van der Waals surface area contributed by atoms with Gasteiger partial charge in [-0.15, -0.1) is 0 Å². The second-order valence-electron chi connectivity index (χ2n) is 4.13. The zero-order valence-electron chi connectivity index (χ0n) is 9.20. The highest BCUT2D eigenvalue weighted by Gasteiger charge is 2.28. The molecule has 0 spiro atoms. The first-order valence-corrected chi connectivity index (χ1v) is 7.18. The molecule has 0 aromatic rings. The van der Waals surface area contributed by atoms with Gasteiger partial charge in [0.2, 0.25) is 10.0 Å². The number of unbranched alkanes of at least 4 members (excludes halogenated alkanes) is 1. The van der Waals surface area contributed by atoms with Crippen LogP contribution in [0.25, 0.3) is 0 Å². The Hall–Kier alpha value is -0.0900. The van der Waals surface area contributed by atoms with Crippen LogP contribution in [-0.2, 0) is 10.0 Å². The van der Waals surface area contributed by atoms with Crippen LogP contribution in [0.15, 0.2) is 0 Å². The molecule has 0 N–H and O–H groups in total. The molecule has 0 unspecified atom stereocenters. The molecule has 0 aliphatic carbocycles. The lowest BCUT2D eigenvalue weighted by Gasteiger charge is -2.32. The lowest BCUT2D eigenvalue weighted by Crippen LogP contribution is -2.43. The number of hydrogen-bond acceptors (Lipinski definition) is 2. The first kappa shape index (κ1) is 12.0. The lowest BCUT2D eigenvalue weighted by atomic mass is 10.1. The summed E-state index contributed by atoms with van der Waals surface area (Å²) in [5.74, 6) is 0.327. The molecule has 1 rings (SSSR count). The quantitative estimate of drug-likeness (QED) is 0.725. The summed E-state index contributed by atoms with van der Waals surface area (Å²) >= 11 is 0. The van der Waals surface area contributed by atoms with E-state index in [1.807, 2.05) is 13.8 Å².